The van der Waals surface area contributed by atoms with E-state index in [0.717, 1.165) is 10.2 Å². The Morgan fingerprint density at radius 2 is 1.87 bits per heavy atom. The Hall–Kier alpha value is -2.21. The second-order valence-corrected chi connectivity index (χ2v) is 6.18. The molecule has 118 valence electrons. The van der Waals surface area contributed by atoms with Gasteiger partial charge >= 0.3 is 0 Å². The van der Waals surface area contributed by atoms with E-state index in [-0.39, 0.29) is 30.5 Å². The lowest BCUT2D eigenvalue weighted by atomic mass is 10.1. The monoisotopic (exact) mass is 376 g/mol. The molecule has 0 aliphatic carbocycles. The summed E-state index contributed by atoms with van der Waals surface area (Å²) in [6.07, 6.45) is 0.113. The van der Waals surface area contributed by atoms with Gasteiger partial charge in [0.05, 0.1) is 17.3 Å². The van der Waals surface area contributed by atoms with Crippen molar-refractivity contribution in [2.24, 2.45) is 5.92 Å². The summed E-state index contributed by atoms with van der Waals surface area (Å²) in [7, 11) is 0. The lowest BCUT2D eigenvalue weighted by molar-refractivity contribution is -0.122. The highest BCUT2D eigenvalue weighted by atomic mass is 79.9. The molecule has 1 aliphatic heterocycles. The number of carbonyl (C=O) groups is 2. The van der Waals surface area contributed by atoms with Crippen molar-refractivity contribution in [2.75, 3.05) is 16.8 Å². The zero-order valence-electron chi connectivity index (χ0n) is 12.1. The number of anilines is 2. The van der Waals surface area contributed by atoms with E-state index in [9.17, 15) is 14.0 Å². The third-order valence-electron chi connectivity index (χ3n) is 3.77. The molecular weight excluding hydrogens is 363 g/mol. The fourth-order valence-corrected chi connectivity index (χ4v) is 3.08. The molecular formula is C17H14BrFN2O2. The van der Waals surface area contributed by atoms with Gasteiger partial charge in [0.2, 0.25) is 11.8 Å². The van der Waals surface area contributed by atoms with Gasteiger partial charge in [-0.2, -0.15) is 0 Å². The van der Waals surface area contributed by atoms with E-state index in [0.29, 0.717) is 0 Å². The fraction of sp³-hybridized carbons (Fsp3) is 0.176. The third kappa shape index (κ3) is 3.27. The summed E-state index contributed by atoms with van der Waals surface area (Å²) in [5, 5.41) is 2.55. The minimum Gasteiger partial charge on any atom is -0.323 e. The largest absolute Gasteiger partial charge is 0.323 e. The summed E-state index contributed by atoms with van der Waals surface area (Å²) in [6.45, 7) is 0.279. The highest BCUT2D eigenvalue weighted by Gasteiger charge is 2.35. The van der Waals surface area contributed by atoms with Gasteiger partial charge in [-0.25, -0.2) is 4.39 Å². The number of nitrogens with one attached hydrogen (secondary N) is 1. The number of nitrogens with zero attached hydrogens (tertiary/aromatic N) is 1. The summed E-state index contributed by atoms with van der Waals surface area (Å²) in [5.74, 6) is -1.47. The van der Waals surface area contributed by atoms with Crippen molar-refractivity contribution < 1.29 is 14.0 Å². The van der Waals surface area contributed by atoms with Gasteiger partial charge in [0.15, 0.2) is 0 Å². The van der Waals surface area contributed by atoms with Crippen LogP contribution in [0.3, 0.4) is 0 Å². The smallest absolute Gasteiger partial charge is 0.229 e. The topological polar surface area (TPSA) is 49.4 Å². The van der Waals surface area contributed by atoms with Crippen molar-refractivity contribution >= 4 is 39.1 Å². The van der Waals surface area contributed by atoms with Crippen LogP contribution < -0.4 is 10.2 Å². The van der Waals surface area contributed by atoms with E-state index in [2.05, 4.69) is 21.2 Å². The van der Waals surface area contributed by atoms with Crippen LogP contribution in [-0.2, 0) is 9.59 Å². The summed E-state index contributed by atoms with van der Waals surface area (Å²) in [6, 6.07) is 13.3. The zero-order valence-corrected chi connectivity index (χ0v) is 13.7. The molecule has 0 saturated carbocycles. The molecule has 1 atom stereocenters. The fourth-order valence-electron chi connectivity index (χ4n) is 2.58. The summed E-state index contributed by atoms with van der Waals surface area (Å²) >= 11 is 3.41. The van der Waals surface area contributed by atoms with Crippen LogP contribution in [0.25, 0.3) is 0 Å². The maximum Gasteiger partial charge on any atom is 0.229 e. The van der Waals surface area contributed by atoms with Gasteiger partial charge in [0.1, 0.15) is 5.82 Å². The molecule has 0 spiro atoms. The molecule has 2 aromatic carbocycles. The molecule has 0 radical (unpaired) electrons. The number of rotatable bonds is 3. The average molecular weight is 377 g/mol. The van der Waals surface area contributed by atoms with Gasteiger partial charge in [-0.3, -0.25) is 9.59 Å². The van der Waals surface area contributed by atoms with Crippen molar-refractivity contribution in [1.82, 2.24) is 0 Å². The van der Waals surface area contributed by atoms with E-state index in [4.69, 9.17) is 0 Å². The minimum absolute atomic E-state index is 0.113. The molecule has 2 amide bonds. The van der Waals surface area contributed by atoms with Crippen LogP contribution in [-0.4, -0.2) is 18.4 Å². The van der Waals surface area contributed by atoms with Crippen LogP contribution in [0.2, 0.25) is 0 Å². The first-order valence-corrected chi connectivity index (χ1v) is 7.96. The molecule has 2 aromatic rings. The highest BCUT2D eigenvalue weighted by Crippen LogP contribution is 2.31. The van der Waals surface area contributed by atoms with E-state index >= 15 is 0 Å². The van der Waals surface area contributed by atoms with Crippen molar-refractivity contribution in [3.63, 3.8) is 0 Å². The first-order chi connectivity index (χ1) is 11.1. The van der Waals surface area contributed by atoms with Crippen LogP contribution in [0, 0.1) is 11.7 Å². The predicted molar refractivity (Wildman–Crippen MR) is 89.6 cm³/mol. The first-order valence-electron chi connectivity index (χ1n) is 7.16. The van der Waals surface area contributed by atoms with Crippen LogP contribution in [0.15, 0.2) is 53.0 Å². The van der Waals surface area contributed by atoms with Crippen LogP contribution in [0.1, 0.15) is 6.42 Å². The number of halogens is 2. The van der Waals surface area contributed by atoms with E-state index < -0.39 is 11.7 Å². The zero-order chi connectivity index (χ0) is 16.4. The van der Waals surface area contributed by atoms with Crippen molar-refractivity contribution in [1.29, 1.82) is 0 Å². The second-order valence-electron chi connectivity index (χ2n) is 5.33. The molecule has 1 N–H and O–H groups in total. The normalized spacial score (nSPS) is 17.4. The maximum absolute atomic E-state index is 13.6. The van der Waals surface area contributed by atoms with E-state index in [1.165, 1.54) is 12.1 Å². The highest BCUT2D eigenvalue weighted by molar-refractivity contribution is 9.10. The van der Waals surface area contributed by atoms with E-state index in [1.54, 1.807) is 17.0 Å². The Kier molecular flexibility index (Phi) is 4.43. The molecule has 1 saturated heterocycles. The van der Waals surface area contributed by atoms with Crippen molar-refractivity contribution in [2.45, 2.75) is 6.42 Å². The molecule has 1 aliphatic rings. The van der Waals surface area contributed by atoms with Crippen molar-refractivity contribution in [3.8, 4) is 0 Å². The predicted octanol–water partition coefficient (Wildman–Crippen LogP) is 3.58. The summed E-state index contributed by atoms with van der Waals surface area (Å²) in [4.78, 5) is 26.1. The van der Waals surface area contributed by atoms with Gasteiger partial charge in [-0.05, 0) is 40.2 Å². The maximum atomic E-state index is 13.6. The molecule has 0 aromatic heterocycles. The minimum atomic E-state index is -0.505. The van der Waals surface area contributed by atoms with Crippen LogP contribution in [0.4, 0.5) is 15.8 Å². The molecule has 1 fully saturated rings. The molecule has 3 rings (SSSR count). The third-order valence-corrected chi connectivity index (χ3v) is 4.44. The number of carbonyl (C=O) groups excluding carboxylic acids is 2. The Morgan fingerprint density at radius 3 is 2.61 bits per heavy atom. The lowest BCUT2D eigenvalue weighted by Crippen LogP contribution is -2.28. The molecule has 6 heteroatoms. The number of benzene rings is 2. The summed E-state index contributed by atoms with van der Waals surface area (Å²) in [5.41, 5.74) is 0.864. The molecule has 23 heavy (non-hydrogen) atoms. The molecule has 1 heterocycles. The lowest BCUT2D eigenvalue weighted by Gasteiger charge is -2.18. The second kappa shape index (κ2) is 6.50. The van der Waals surface area contributed by atoms with Gasteiger partial charge < -0.3 is 10.2 Å². The number of hydrogen-bond acceptors (Lipinski definition) is 2. The van der Waals surface area contributed by atoms with Crippen LogP contribution >= 0.6 is 15.9 Å². The Labute approximate surface area is 141 Å². The van der Waals surface area contributed by atoms with Gasteiger partial charge in [0.25, 0.3) is 0 Å². The number of amides is 2. The summed E-state index contributed by atoms with van der Waals surface area (Å²) < 4.78 is 14.4. The Balaban J connectivity index is 1.74. The van der Waals surface area contributed by atoms with Crippen LogP contribution in [0.5, 0.6) is 0 Å². The van der Waals surface area contributed by atoms with Crippen molar-refractivity contribution in [3.05, 3.63) is 58.8 Å². The van der Waals surface area contributed by atoms with E-state index in [1.807, 2.05) is 24.3 Å². The van der Waals surface area contributed by atoms with Gasteiger partial charge in [-0.1, -0.05) is 24.3 Å². The van der Waals surface area contributed by atoms with Gasteiger partial charge in [0, 0.05) is 17.4 Å². The Bertz CT molecular complexity index is 766. The molecule has 4 nitrogen and oxygen atoms in total. The standard InChI is InChI=1S/C17H14BrFN2O2/c18-12-5-1-4-8-15(12)21-10-11(9-16(21)22)17(23)20-14-7-3-2-6-13(14)19/h1-8,11H,9-10H2,(H,20,23)/t11-/m0/s1. The SMILES string of the molecule is O=C(Nc1ccccc1F)[C@H]1CC(=O)N(c2ccccc2Br)C1. The molecule has 0 bridgehead atoms. The number of para-hydroxylation sites is 2. The number of hydrogen-bond donors (Lipinski definition) is 1. The quantitative estimate of drug-likeness (QED) is 0.889. The molecule has 0 unspecified atom stereocenters. The first kappa shape index (κ1) is 15.7. The Morgan fingerprint density at radius 1 is 1.17 bits per heavy atom. The van der Waals surface area contributed by atoms with Gasteiger partial charge in [-0.15, -0.1) is 0 Å². The average Bonchev–Trinajstić information content (AvgIpc) is 2.92.